The van der Waals surface area contributed by atoms with Gasteiger partial charge in [-0.2, -0.15) is 0 Å². The van der Waals surface area contributed by atoms with Crippen LogP contribution in [0.1, 0.15) is 17.3 Å². The molecule has 4 heteroatoms. The SMILES string of the molecule is CC(C(=O)O)N(C)C(=O)c1ccc2ccccc2c1. The van der Waals surface area contributed by atoms with E-state index >= 15 is 0 Å². The highest BCUT2D eigenvalue weighted by Gasteiger charge is 2.22. The van der Waals surface area contributed by atoms with Gasteiger partial charge in [0.15, 0.2) is 0 Å². The molecule has 2 aromatic carbocycles. The summed E-state index contributed by atoms with van der Waals surface area (Å²) in [5, 5.41) is 10.9. The molecule has 0 aliphatic carbocycles. The highest BCUT2D eigenvalue weighted by Crippen LogP contribution is 2.17. The van der Waals surface area contributed by atoms with Crippen LogP contribution in [0.4, 0.5) is 0 Å². The van der Waals surface area contributed by atoms with Crippen LogP contribution < -0.4 is 0 Å². The van der Waals surface area contributed by atoms with Crippen molar-refractivity contribution in [3.63, 3.8) is 0 Å². The molecule has 0 aromatic heterocycles. The van der Waals surface area contributed by atoms with Gasteiger partial charge in [0.25, 0.3) is 5.91 Å². The Balaban J connectivity index is 2.33. The summed E-state index contributed by atoms with van der Waals surface area (Å²) < 4.78 is 0. The number of aliphatic carboxylic acids is 1. The molecule has 0 bridgehead atoms. The molecule has 0 aliphatic heterocycles. The summed E-state index contributed by atoms with van der Waals surface area (Å²) in [7, 11) is 1.50. The van der Waals surface area contributed by atoms with Gasteiger partial charge < -0.3 is 10.0 Å². The smallest absolute Gasteiger partial charge is 0.326 e. The van der Waals surface area contributed by atoms with E-state index in [0.29, 0.717) is 5.56 Å². The number of fused-ring (bicyclic) bond motifs is 1. The van der Waals surface area contributed by atoms with Crippen molar-refractivity contribution in [2.45, 2.75) is 13.0 Å². The van der Waals surface area contributed by atoms with Crippen LogP contribution in [-0.4, -0.2) is 35.0 Å². The lowest BCUT2D eigenvalue weighted by molar-refractivity contribution is -0.141. The Kier molecular flexibility index (Phi) is 3.51. The first-order valence-electron chi connectivity index (χ1n) is 5.99. The number of carbonyl (C=O) groups is 2. The van der Waals surface area contributed by atoms with Crippen molar-refractivity contribution in [1.82, 2.24) is 4.90 Å². The third-order valence-corrected chi connectivity index (χ3v) is 3.26. The van der Waals surface area contributed by atoms with Crippen LogP contribution in [0.2, 0.25) is 0 Å². The van der Waals surface area contributed by atoms with E-state index in [0.717, 1.165) is 10.8 Å². The second kappa shape index (κ2) is 5.10. The van der Waals surface area contributed by atoms with Crippen molar-refractivity contribution in [2.24, 2.45) is 0 Å². The van der Waals surface area contributed by atoms with Gasteiger partial charge in [-0.3, -0.25) is 4.79 Å². The maximum atomic E-state index is 12.2. The largest absolute Gasteiger partial charge is 0.480 e. The Morgan fingerprint density at radius 3 is 2.37 bits per heavy atom. The molecule has 19 heavy (non-hydrogen) atoms. The Labute approximate surface area is 111 Å². The van der Waals surface area contributed by atoms with Gasteiger partial charge in [0, 0.05) is 12.6 Å². The molecule has 98 valence electrons. The Hall–Kier alpha value is -2.36. The number of hydrogen-bond acceptors (Lipinski definition) is 2. The minimum absolute atomic E-state index is 0.291. The summed E-state index contributed by atoms with van der Waals surface area (Å²) in [5.41, 5.74) is 0.495. The first kappa shape index (κ1) is 13.1. The van der Waals surface area contributed by atoms with Crippen LogP contribution >= 0.6 is 0 Å². The van der Waals surface area contributed by atoms with Crippen molar-refractivity contribution >= 4 is 22.6 Å². The van der Waals surface area contributed by atoms with E-state index in [2.05, 4.69) is 0 Å². The van der Waals surface area contributed by atoms with Crippen molar-refractivity contribution in [3.05, 3.63) is 48.0 Å². The molecular weight excluding hydrogens is 242 g/mol. The minimum Gasteiger partial charge on any atom is -0.480 e. The summed E-state index contributed by atoms with van der Waals surface area (Å²) in [6, 6.07) is 12.2. The number of likely N-dealkylation sites (N-methyl/N-ethyl adjacent to an activating group) is 1. The van der Waals surface area contributed by atoms with E-state index in [1.807, 2.05) is 30.3 Å². The number of carbonyl (C=O) groups excluding carboxylic acids is 1. The zero-order valence-corrected chi connectivity index (χ0v) is 10.8. The highest BCUT2D eigenvalue weighted by molar-refractivity contribution is 5.99. The Morgan fingerprint density at radius 2 is 1.74 bits per heavy atom. The molecule has 1 amide bonds. The van der Waals surface area contributed by atoms with Gasteiger partial charge in [0.2, 0.25) is 0 Å². The second-order valence-corrected chi connectivity index (χ2v) is 4.49. The number of amides is 1. The first-order valence-corrected chi connectivity index (χ1v) is 5.99. The molecule has 1 N–H and O–H groups in total. The Morgan fingerprint density at radius 1 is 1.11 bits per heavy atom. The molecule has 1 unspecified atom stereocenters. The number of carboxylic acids is 1. The second-order valence-electron chi connectivity index (χ2n) is 4.49. The monoisotopic (exact) mass is 257 g/mol. The summed E-state index contributed by atoms with van der Waals surface area (Å²) >= 11 is 0. The normalized spacial score (nSPS) is 12.1. The van der Waals surface area contributed by atoms with Gasteiger partial charge >= 0.3 is 5.97 Å². The van der Waals surface area contributed by atoms with Crippen molar-refractivity contribution in [1.29, 1.82) is 0 Å². The Bertz CT molecular complexity index is 636. The van der Waals surface area contributed by atoms with Gasteiger partial charge in [0.05, 0.1) is 0 Å². The summed E-state index contributed by atoms with van der Waals surface area (Å²) in [6.07, 6.45) is 0. The van der Waals surface area contributed by atoms with E-state index in [-0.39, 0.29) is 5.91 Å². The van der Waals surface area contributed by atoms with Crippen LogP contribution in [-0.2, 0) is 4.79 Å². The lowest BCUT2D eigenvalue weighted by Gasteiger charge is -2.21. The van der Waals surface area contributed by atoms with Gasteiger partial charge in [-0.25, -0.2) is 4.79 Å². The predicted molar refractivity (Wildman–Crippen MR) is 73.1 cm³/mol. The van der Waals surface area contributed by atoms with Crippen LogP contribution in [0, 0.1) is 0 Å². The molecule has 0 saturated heterocycles. The molecule has 0 saturated carbocycles. The van der Waals surface area contributed by atoms with E-state index in [1.54, 1.807) is 12.1 Å². The maximum absolute atomic E-state index is 12.2. The van der Waals surface area contributed by atoms with Gasteiger partial charge in [-0.05, 0) is 29.8 Å². The van der Waals surface area contributed by atoms with Crippen molar-refractivity contribution in [3.8, 4) is 0 Å². The van der Waals surface area contributed by atoms with E-state index in [1.165, 1.54) is 18.9 Å². The predicted octanol–water partition coefficient (Wildman–Crippen LogP) is 2.38. The van der Waals surface area contributed by atoms with Crippen molar-refractivity contribution < 1.29 is 14.7 Å². The highest BCUT2D eigenvalue weighted by atomic mass is 16.4. The average Bonchev–Trinajstić information content (AvgIpc) is 2.44. The quantitative estimate of drug-likeness (QED) is 0.918. The fourth-order valence-corrected chi connectivity index (χ4v) is 1.87. The molecular formula is C15H15NO3. The first-order chi connectivity index (χ1) is 9.00. The van der Waals surface area contributed by atoms with Gasteiger partial charge in [-0.1, -0.05) is 30.3 Å². The minimum atomic E-state index is -1.02. The van der Waals surface area contributed by atoms with Gasteiger partial charge in [-0.15, -0.1) is 0 Å². The number of nitrogens with zero attached hydrogens (tertiary/aromatic N) is 1. The summed E-state index contributed by atoms with van der Waals surface area (Å²) in [6.45, 7) is 1.49. The lowest BCUT2D eigenvalue weighted by atomic mass is 10.1. The number of hydrogen-bond donors (Lipinski definition) is 1. The van der Waals surface area contributed by atoms with Crippen LogP contribution in [0.15, 0.2) is 42.5 Å². The van der Waals surface area contributed by atoms with E-state index in [9.17, 15) is 9.59 Å². The topological polar surface area (TPSA) is 57.6 Å². The van der Waals surface area contributed by atoms with E-state index < -0.39 is 12.0 Å². The third kappa shape index (κ3) is 2.57. The maximum Gasteiger partial charge on any atom is 0.326 e. The number of carboxylic acid groups (broad SMARTS) is 1. The molecule has 0 aliphatic rings. The molecule has 0 fully saturated rings. The average molecular weight is 257 g/mol. The van der Waals surface area contributed by atoms with Crippen LogP contribution in [0.25, 0.3) is 10.8 Å². The molecule has 1 atom stereocenters. The number of rotatable bonds is 3. The fraction of sp³-hybridized carbons (Fsp3) is 0.200. The third-order valence-electron chi connectivity index (χ3n) is 3.26. The zero-order valence-electron chi connectivity index (χ0n) is 10.8. The fourth-order valence-electron chi connectivity index (χ4n) is 1.87. The molecule has 4 nitrogen and oxygen atoms in total. The molecule has 2 rings (SSSR count). The molecule has 0 heterocycles. The van der Waals surface area contributed by atoms with Gasteiger partial charge in [0.1, 0.15) is 6.04 Å². The van der Waals surface area contributed by atoms with Crippen LogP contribution in [0.3, 0.4) is 0 Å². The summed E-state index contributed by atoms with van der Waals surface area (Å²) in [4.78, 5) is 24.3. The standard InChI is InChI=1S/C15H15NO3/c1-10(15(18)19)16(2)14(17)13-8-7-11-5-3-4-6-12(11)9-13/h3-10H,1-2H3,(H,18,19). The molecule has 0 spiro atoms. The van der Waals surface area contributed by atoms with Crippen molar-refractivity contribution in [2.75, 3.05) is 7.05 Å². The van der Waals surface area contributed by atoms with Crippen LogP contribution in [0.5, 0.6) is 0 Å². The van der Waals surface area contributed by atoms with E-state index in [4.69, 9.17) is 5.11 Å². The lowest BCUT2D eigenvalue weighted by Crippen LogP contribution is -2.40. The summed E-state index contributed by atoms with van der Waals surface area (Å²) in [5.74, 6) is -1.31. The molecule has 2 aromatic rings. The number of benzene rings is 2. The zero-order chi connectivity index (χ0) is 14.0. The molecule has 0 radical (unpaired) electrons.